The van der Waals surface area contributed by atoms with Gasteiger partial charge < -0.3 is 9.73 Å². The summed E-state index contributed by atoms with van der Waals surface area (Å²) in [6.45, 7) is 5.98. The molecule has 0 saturated heterocycles. The zero-order valence-corrected chi connectivity index (χ0v) is 11.4. The third-order valence-electron chi connectivity index (χ3n) is 3.51. The number of hydrogen-bond donors (Lipinski definition) is 1. The van der Waals surface area contributed by atoms with E-state index in [1.807, 2.05) is 0 Å². The Labute approximate surface area is 113 Å². The van der Waals surface area contributed by atoms with Crippen LogP contribution in [0.2, 0.25) is 0 Å². The van der Waals surface area contributed by atoms with Gasteiger partial charge in [0, 0.05) is 18.3 Å². The molecule has 0 spiro atoms. The van der Waals surface area contributed by atoms with Crippen LogP contribution >= 0.6 is 0 Å². The van der Waals surface area contributed by atoms with Gasteiger partial charge in [0.05, 0.1) is 5.69 Å². The number of fused-ring (bicyclic) bond motifs is 1. The predicted molar refractivity (Wildman–Crippen MR) is 75.6 cm³/mol. The van der Waals surface area contributed by atoms with Crippen molar-refractivity contribution in [2.24, 2.45) is 0 Å². The number of oxazole rings is 1. The van der Waals surface area contributed by atoms with Crippen LogP contribution in [0.1, 0.15) is 25.1 Å². The minimum Gasteiger partial charge on any atom is -0.431 e. The van der Waals surface area contributed by atoms with Gasteiger partial charge in [-0.1, -0.05) is 25.1 Å². The molecule has 3 rings (SSSR count). The minimum absolute atomic E-state index is 0.392. The molecule has 4 heteroatoms. The summed E-state index contributed by atoms with van der Waals surface area (Å²) in [5, 5.41) is 3.26. The average molecular weight is 257 g/mol. The van der Waals surface area contributed by atoms with Crippen LogP contribution in [-0.2, 0) is 13.0 Å². The highest BCUT2D eigenvalue weighted by molar-refractivity contribution is 5.66. The monoisotopic (exact) mass is 257 g/mol. The van der Waals surface area contributed by atoms with Crippen LogP contribution in [0.5, 0.6) is 0 Å². The summed E-state index contributed by atoms with van der Waals surface area (Å²) in [5.41, 5.74) is 3.53. The van der Waals surface area contributed by atoms with E-state index in [4.69, 9.17) is 4.42 Å². The van der Waals surface area contributed by atoms with Crippen LogP contribution < -0.4 is 10.2 Å². The fourth-order valence-corrected chi connectivity index (χ4v) is 2.60. The lowest BCUT2D eigenvalue weighted by molar-refractivity contribution is 0.538. The summed E-state index contributed by atoms with van der Waals surface area (Å²) in [5.74, 6) is 0. The first-order valence-corrected chi connectivity index (χ1v) is 6.82. The molecular formula is C15H19N3O. The van der Waals surface area contributed by atoms with Gasteiger partial charge in [0.2, 0.25) is 0 Å². The molecule has 0 bridgehead atoms. The van der Waals surface area contributed by atoms with E-state index in [2.05, 4.69) is 53.3 Å². The Morgan fingerprint density at radius 3 is 3.11 bits per heavy atom. The molecular weight excluding hydrogens is 238 g/mol. The van der Waals surface area contributed by atoms with Crippen molar-refractivity contribution in [3.05, 3.63) is 41.8 Å². The van der Waals surface area contributed by atoms with Gasteiger partial charge in [-0.05, 0) is 31.5 Å². The molecule has 1 aromatic carbocycles. The Hall–Kier alpha value is -1.81. The molecule has 1 N–H and O–H groups in total. The molecule has 1 aliphatic rings. The van der Waals surface area contributed by atoms with Crippen molar-refractivity contribution in [3.8, 4) is 0 Å². The number of nitrogens with one attached hydrogen (secondary N) is 1. The molecule has 4 nitrogen and oxygen atoms in total. The molecule has 1 aliphatic heterocycles. The standard InChI is InChI=1S/C15H19N3O/c1-3-16-9-13-10-19-15(17-13)18-11(2)8-12-6-4-5-7-14(12)18/h4-7,10-11,16H,3,8-9H2,1-2H3. The zero-order chi connectivity index (χ0) is 13.2. The number of hydrogen-bond acceptors (Lipinski definition) is 4. The molecule has 2 heterocycles. The second kappa shape index (κ2) is 5.05. The lowest BCUT2D eigenvalue weighted by Gasteiger charge is -2.19. The van der Waals surface area contributed by atoms with Crippen LogP contribution in [0.25, 0.3) is 0 Å². The van der Waals surface area contributed by atoms with E-state index in [1.165, 1.54) is 11.3 Å². The van der Waals surface area contributed by atoms with E-state index in [9.17, 15) is 0 Å². The van der Waals surface area contributed by atoms with Gasteiger partial charge >= 0.3 is 6.01 Å². The van der Waals surface area contributed by atoms with Crippen LogP contribution in [0.4, 0.5) is 11.7 Å². The quantitative estimate of drug-likeness (QED) is 0.914. The van der Waals surface area contributed by atoms with Crippen molar-refractivity contribution in [2.75, 3.05) is 11.4 Å². The van der Waals surface area contributed by atoms with Crippen molar-refractivity contribution in [2.45, 2.75) is 32.9 Å². The van der Waals surface area contributed by atoms with E-state index < -0.39 is 0 Å². The second-order valence-corrected chi connectivity index (χ2v) is 4.95. The Kier molecular flexibility index (Phi) is 3.25. The first kappa shape index (κ1) is 12.2. The number of anilines is 2. The molecule has 2 aromatic rings. The first-order chi connectivity index (χ1) is 9.29. The van der Waals surface area contributed by atoms with Crippen molar-refractivity contribution < 1.29 is 4.42 Å². The third kappa shape index (κ3) is 2.24. The molecule has 100 valence electrons. The summed E-state index contributed by atoms with van der Waals surface area (Å²) in [6.07, 6.45) is 2.78. The molecule has 0 saturated carbocycles. The van der Waals surface area contributed by atoms with Crippen molar-refractivity contribution in [3.63, 3.8) is 0 Å². The lowest BCUT2D eigenvalue weighted by atomic mass is 10.1. The number of para-hydroxylation sites is 1. The van der Waals surface area contributed by atoms with E-state index in [0.29, 0.717) is 12.1 Å². The van der Waals surface area contributed by atoms with Gasteiger partial charge in [0.15, 0.2) is 0 Å². The van der Waals surface area contributed by atoms with Gasteiger partial charge in [-0.25, -0.2) is 0 Å². The molecule has 1 aromatic heterocycles. The number of nitrogens with zero attached hydrogens (tertiary/aromatic N) is 2. The maximum atomic E-state index is 5.65. The molecule has 1 atom stereocenters. The largest absolute Gasteiger partial charge is 0.431 e. The van der Waals surface area contributed by atoms with E-state index >= 15 is 0 Å². The van der Waals surface area contributed by atoms with Gasteiger partial charge in [-0.3, -0.25) is 4.90 Å². The summed E-state index contributed by atoms with van der Waals surface area (Å²) in [7, 11) is 0. The van der Waals surface area contributed by atoms with Crippen molar-refractivity contribution >= 4 is 11.7 Å². The van der Waals surface area contributed by atoms with Gasteiger partial charge in [-0.15, -0.1) is 0 Å². The van der Waals surface area contributed by atoms with Crippen LogP contribution in [0, 0.1) is 0 Å². The van der Waals surface area contributed by atoms with Crippen molar-refractivity contribution in [1.82, 2.24) is 10.3 Å². The normalized spacial score (nSPS) is 17.8. The fraction of sp³-hybridized carbons (Fsp3) is 0.400. The highest BCUT2D eigenvalue weighted by Gasteiger charge is 2.29. The van der Waals surface area contributed by atoms with Gasteiger partial charge in [0.25, 0.3) is 0 Å². The average Bonchev–Trinajstić information content (AvgIpc) is 2.99. The molecule has 19 heavy (non-hydrogen) atoms. The van der Waals surface area contributed by atoms with Crippen LogP contribution in [0.15, 0.2) is 34.9 Å². The second-order valence-electron chi connectivity index (χ2n) is 4.95. The fourth-order valence-electron chi connectivity index (χ4n) is 2.60. The first-order valence-electron chi connectivity index (χ1n) is 6.82. The predicted octanol–water partition coefficient (Wildman–Crippen LogP) is 2.87. The highest BCUT2D eigenvalue weighted by atomic mass is 16.4. The van der Waals surface area contributed by atoms with Crippen LogP contribution in [-0.4, -0.2) is 17.6 Å². The number of rotatable bonds is 4. The van der Waals surface area contributed by atoms with Crippen LogP contribution in [0.3, 0.4) is 0 Å². The molecule has 1 unspecified atom stereocenters. The van der Waals surface area contributed by atoms with Gasteiger partial charge in [0.1, 0.15) is 6.26 Å². The highest BCUT2D eigenvalue weighted by Crippen LogP contribution is 2.37. The summed E-state index contributed by atoms with van der Waals surface area (Å²) in [6, 6.07) is 9.54. The Morgan fingerprint density at radius 2 is 2.26 bits per heavy atom. The maximum absolute atomic E-state index is 5.65. The Bertz CT molecular complexity index is 564. The molecule has 0 aliphatic carbocycles. The third-order valence-corrected chi connectivity index (χ3v) is 3.51. The minimum atomic E-state index is 0.392. The van der Waals surface area contributed by atoms with E-state index in [-0.39, 0.29) is 0 Å². The smallest absolute Gasteiger partial charge is 0.302 e. The summed E-state index contributed by atoms with van der Waals surface area (Å²) < 4.78 is 5.65. The van der Waals surface area contributed by atoms with E-state index in [1.54, 1.807) is 6.26 Å². The number of benzene rings is 1. The number of aromatic nitrogens is 1. The van der Waals surface area contributed by atoms with Crippen molar-refractivity contribution in [1.29, 1.82) is 0 Å². The molecule has 0 fully saturated rings. The SMILES string of the molecule is CCNCc1coc(N2c3ccccc3CC2C)n1. The zero-order valence-electron chi connectivity index (χ0n) is 11.4. The van der Waals surface area contributed by atoms with Gasteiger partial charge in [-0.2, -0.15) is 4.98 Å². The molecule has 0 radical (unpaired) electrons. The topological polar surface area (TPSA) is 41.3 Å². The summed E-state index contributed by atoms with van der Waals surface area (Å²) in [4.78, 5) is 6.76. The van der Waals surface area contributed by atoms with E-state index in [0.717, 1.165) is 25.2 Å². The molecule has 0 amide bonds. The lowest BCUT2D eigenvalue weighted by Crippen LogP contribution is -2.24. The Balaban J connectivity index is 1.87. The maximum Gasteiger partial charge on any atom is 0.302 e. The summed E-state index contributed by atoms with van der Waals surface area (Å²) >= 11 is 0. The Morgan fingerprint density at radius 1 is 1.42 bits per heavy atom.